The van der Waals surface area contributed by atoms with E-state index in [1.54, 1.807) is 6.92 Å². The maximum absolute atomic E-state index is 11.9. The van der Waals surface area contributed by atoms with Crippen molar-refractivity contribution in [2.75, 3.05) is 13.7 Å². The molecule has 0 unspecified atom stereocenters. The number of carbonyl (C=O) groups excluding carboxylic acids is 2. The first kappa shape index (κ1) is 18.7. The second-order valence-corrected chi connectivity index (χ2v) is 7.00. The molecular weight excluding hydrogens is 310 g/mol. The summed E-state index contributed by atoms with van der Waals surface area (Å²) in [5.74, 6) is -0.732. The average Bonchev–Trinajstić information content (AvgIpc) is 2.66. The third-order valence-electron chi connectivity index (χ3n) is 4.64. The van der Waals surface area contributed by atoms with Gasteiger partial charge in [-0.2, -0.15) is 0 Å². The summed E-state index contributed by atoms with van der Waals surface area (Å²) in [6.07, 6.45) is 4.64. The number of aliphatic hydroxyl groups excluding tert-OH is 1. The number of likely N-dealkylation sites (N-methyl/N-ethyl adjacent to an activating group) is 1. The van der Waals surface area contributed by atoms with Crippen LogP contribution >= 0.6 is 0 Å². The number of carbonyl (C=O) groups is 2. The Hall–Kier alpha value is -1.66. The van der Waals surface area contributed by atoms with Gasteiger partial charge in [-0.25, -0.2) is 9.59 Å². The normalized spacial score (nSPS) is 30.0. The minimum atomic E-state index is -0.423. The van der Waals surface area contributed by atoms with Crippen LogP contribution in [0.25, 0.3) is 0 Å². The summed E-state index contributed by atoms with van der Waals surface area (Å²) in [6, 6.07) is 0.313. The number of aliphatic hydroxyl groups is 1. The lowest BCUT2D eigenvalue weighted by Crippen LogP contribution is -2.46. The Morgan fingerprint density at radius 1 is 1.08 bits per heavy atom. The standard InChI is InChI=1S/C18H27NO5/c1-11(2)5-17(21)24-16-8-13-7-14(9-15(16)19(13)4)23-18(22)6-12(3)10-20/h5-6,13-16,20H,7-10H2,1-4H3/b12-6+/t13-,14+,15+,16+/m0/s1. The second kappa shape index (κ2) is 7.94. The first-order valence-corrected chi connectivity index (χ1v) is 8.36. The van der Waals surface area contributed by atoms with Crippen LogP contribution in [-0.4, -0.2) is 59.9 Å². The highest BCUT2D eigenvalue weighted by atomic mass is 16.6. The zero-order chi connectivity index (χ0) is 17.9. The van der Waals surface area contributed by atoms with E-state index in [0.717, 1.165) is 18.4 Å². The zero-order valence-electron chi connectivity index (χ0n) is 14.8. The molecule has 2 rings (SSSR count). The average molecular weight is 337 g/mol. The molecular formula is C18H27NO5. The van der Waals surface area contributed by atoms with Crippen LogP contribution in [0.2, 0.25) is 0 Å². The van der Waals surface area contributed by atoms with Crippen molar-refractivity contribution in [3.63, 3.8) is 0 Å². The molecule has 0 amide bonds. The molecule has 0 aromatic heterocycles. The molecule has 2 aliphatic heterocycles. The molecule has 0 radical (unpaired) electrons. The predicted molar refractivity (Wildman–Crippen MR) is 89.2 cm³/mol. The van der Waals surface area contributed by atoms with Crippen LogP contribution in [0, 0.1) is 0 Å². The molecule has 2 heterocycles. The first-order valence-electron chi connectivity index (χ1n) is 8.36. The highest BCUT2D eigenvalue weighted by Gasteiger charge is 2.47. The number of hydrogen-bond acceptors (Lipinski definition) is 6. The van der Waals surface area contributed by atoms with Crippen LogP contribution < -0.4 is 0 Å². The van der Waals surface area contributed by atoms with Crippen LogP contribution in [0.15, 0.2) is 23.3 Å². The van der Waals surface area contributed by atoms with Crippen LogP contribution in [0.1, 0.15) is 40.0 Å². The van der Waals surface area contributed by atoms with E-state index in [2.05, 4.69) is 4.90 Å². The molecule has 0 spiro atoms. The lowest BCUT2D eigenvalue weighted by molar-refractivity contribution is -0.150. The Kier molecular flexibility index (Phi) is 6.18. The van der Waals surface area contributed by atoms with Gasteiger partial charge in [-0.1, -0.05) is 5.57 Å². The fraction of sp³-hybridized carbons (Fsp3) is 0.667. The Bertz CT molecular complexity index is 550. The van der Waals surface area contributed by atoms with Gasteiger partial charge in [0.15, 0.2) is 0 Å². The van der Waals surface area contributed by atoms with Crippen molar-refractivity contribution < 1.29 is 24.2 Å². The summed E-state index contributed by atoms with van der Waals surface area (Å²) in [7, 11) is 2.03. The lowest BCUT2D eigenvalue weighted by atomic mass is 10.0. The van der Waals surface area contributed by atoms with Crippen LogP contribution in [-0.2, 0) is 19.1 Å². The summed E-state index contributed by atoms with van der Waals surface area (Å²) in [6.45, 7) is 5.24. The van der Waals surface area contributed by atoms with Gasteiger partial charge in [0.1, 0.15) is 12.2 Å². The molecule has 6 heteroatoms. The number of allylic oxidation sites excluding steroid dienone is 1. The van der Waals surface area contributed by atoms with Gasteiger partial charge in [-0.3, -0.25) is 4.90 Å². The van der Waals surface area contributed by atoms with Gasteiger partial charge in [-0.15, -0.1) is 0 Å². The van der Waals surface area contributed by atoms with Gasteiger partial charge < -0.3 is 14.6 Å². The molecule has 0 aromatic carbocycles. The Morgan fingerprint density at radius 2 is 1.75 bits per heavy atom. The summed E-state index contributed by atoms with van der Waals surface area (Å²) < 4.78 is 11.1. The molecule has 2 saturated heterocycles. The quantitative estimate of drug-likeness (QED) is 0.606. The summed E-state index contributed by atoms with van der Waals surface area (Å²) in [5, 5.41) is 8.96. The number of fused-ring (bicyclic) bond motifs is 2. The molecule has 0 saturated carbocycles. The smallest absolute Gasteiger partial charge is 0.331 e. The molecule has 1 N–H and O–H groups in total. The van der Waals surface area contributed by atoms with Gasteiger partial charge in [0.05, 0.1) is 12.6 Å². The highest BCUT2D eigenvalue weighted by molar-refractivity contribution is 5.83. The fourth-order valence-electron chi connectivity index (χ4n) is 3.46. The van der Waals surface area contributed by atoms with E-state index in [0.29, 0.717) is 12.0 Å². The first-order chi connectivity index (χ1) is 11.3. The van der Waals surface area contributed by atoms with E-state index in [-0.39, 0.29) is 36.9 Å². The van der Waals surface area contributed by atoms with Crippen molar-refractivity contribution in [2.45, 2.75) is 64.3 Å². The summed E-state index contributed by atoms with van der Waals surface area (Å²) in [4.78, 5) is 26.0. The number of nitrogens with zero attached hydrogens (tertiary/aromatic N) is 1. The molecule has 24 heavy (non-hydrogen) atoms. The minimum absolute atomic E-state index is 0.0685. The van der Waals surface area contributed by atoms with E-state index in [9.17, 15) is 9.59 Å². The SMILES string of the molecule is CC(C)=CC(=O)O[C@@H]1C[C@@H]2C[C@@H](OC(=O)/C=C(\C)CO)C[C@H]1N2C. The van der Waals surface area contributed by atoms with Crippen molar-refractivity contribution in [3.8, 4) is 0 Å². The monoisotopic (exact) mass is 337 g/mol. The molecule has 2 fully saturated rings. The van der Waals surface area contributed by atoms with Crippen LogP contribution in [0.4, 0.5) is 0 Å². The molecule has 4 atom stereocenters. The van der Waals surface area contributed by atoms with Crippen molar-refractivity contribution in [2.24, 2.45) is 0 Å². The lowest BCUT2D eigenvalue weighted by Gasteiger charge is -2.36. The molecule has 6 nitrogen and oxygen atoms in total. The maximum Gasteiger partial charge on any atom is 0.331 e. The van der Waals surface area contributed by atoms with Crippen molar-refractivity contribution >= 4 is 11.9 Å². The summed E-state index contributed by atoms with van der Waals surface area (Å²) >= 11 is 0. The van der Waals surface area contributed by atoms with Gasteiger partial charge in [0.2, 0.25) is 0 Å². The third-order valence-corrected chi connectivity index (χ3v) is 4.64. The predicted octanol–water partition coefficient (Wildman–Crippen LogP) is 1.58. The van der Waals surface area contributed by atoms with E-state index < -0.39 is 5.97 Å². The second-order valence-electron chi connectivity index (χ2n) is 7.00. The molecule has 0 aliphatic carbocycles. The maximum atomic E-state index is 11.9. The van der Waals surface area contributed by atoms with Crippen molar-refractivity contribution in [1.82, 2.24) is 4.90 Å². The molecule has 2 bridgehead atoms. The Balaban J connectivity index is 1.96. The van der Waals surface area contributed by atoms with Gasteiger partial charge in [0.25, 0.3) is 0 Å². The summed E-state index contributed by atoms with van der Waals surface area (Å²) in [5.41, 5.74) is 1.48. The van der Waals surface area contributed by atoms with E-state index in [4.69, 9.17) is 14.6 Å². The number of rotatable bonds is 5. The van der Waals surface area contributed by atoms with Gasteiger partial charge in [-0.05, 0) is 33.4 Å². The largest absolute Gasteiger partial charge is 0.459 e. The van der Waals surface area contributed by atoms with Crippen molar-refractivity contribution in [3.05, 3.63) is 23.3 Å². The fourth-order valence-corrected chi connectivity index (χ4v) is 3.46. The highest BCUT2D eigenvalue weighted by Crippen LogP contribution is 2.37. The van der Waals surface area contributed by atoms with Gasteiger partial charge >= 0.3 is 11.9 Å². The molecule has 0 aromatic rings. The third kappa shape index (κ3) is 4.68. The number of esters is 2. The molecule has 2 aliphatic rings. The van der Waals surface area contributed by atoms with E-state index in [1.165, 1.54) is 12.2 Å². The van der Waals surface area contributed by atoms with Crippen molar-refractivity contribution in [1.29, 1.82) is 0 Å². The zero-order valence-corrected chi connectivity index (χ0v) is 14.8. The van der Waals surface area contributed by atoms with E-state index >= 15 is 0 Å². The van der Waals surface area contributed by atoms with Crippen LogP contribution in [0.5, 0.6) is 0 Å². The number of ether oxygens (including phenoxy) is 2. The Labute approximate surface area is 143 Å². The van der Waals surface area contributed by atoms with Gasteiger partial charge in [0, 0.05) is 37.5 Å². The van der Waals surface area contributed by atoms with Crippen LogP contribution in [0.3, 0.4) is 0 Å². The minimum Gasteiger partial charge on any atom is -0.459 e. The number of hydrogen-bond donors (Lipinski definition) is 1. The number of piperidine rings is 1. The van der Waals surface area contributed by atoms with E-state index in [1.807, 2.05) is 20.9 Å². The Morgan fingerprint density at radius 3 is 2.38 bits per heavy atom. The topological polar surface area (TPSA) is 76.1 Å². The molecule has 134 valence electrons.